The first-order valence-electron chi connectivity index (χ1n) is 11.1. The maximum Gasteiger partial charge on any atom is 0.205 e. The molecule has 4 heteroatoms. The van der Waals surface area contributed by atoms with Crippen LogP contribution in [0.25, 0.3) is 6.08 Å². The lowest BCUT2D eigenvalue weighted by molar-refractivity contribution is 0.230. The Labute approximate surface area is 194 Å². The first-order valence-corrected chi connectivity index (χ1v) is 11.1. The minimum Gasteiger partial charge on any atom is -0.440 e. The standard InChI is InChI=1S/C29H25N3O/c30-17-25-27(23-14-8-3-9-15-23)26-20-32(18-22-12-6-2-7-13-22)19-24(28(26)33-29(25)31)16-21-10-4-1-5-11-21/h1-16,27H,18-20,31H2/b24-16+. The Morgan fingerprint density at radius 2 is 1.55 bits per heavy atom. The summed E-state index contributed by atoms with van der Waals surface area (Å²) in [6, 6.07) is 33.1. The van der Waals surface area contributed by atoms with Gasteiger partial charge in [-0.3, -0.25) is 4.90 Å². The summed E-state index contributed by atoms with van der Waals surface area (Å²) in [6.07, 6.45) is 2.17. The highest BCUT2D eigenvalue weighted by molar-refractivity contribution is 5.63. The summed E-state index contributed by atoms with van der Waals surface area (Å²) in [5.74, 6) is 0.770. The smallest absolute Gasteiger partial charge is 0.205 e. The van der Waals surface area contributed by atoms with Crippen molar-refractivity contribution in [3.63, 3.8) is 0 Å². The number of nitrogens with two attached hydrogens (primary N) is 1. The van der Waals surface area contributed by atoms with Crippen LogP contribution in [0.5, 0.6) is 0 Å². The van der Waals surface area contributed by atoms with Crippen LogP contribution in [0.15, 0.2) is 119 Å². The molecule has 0 fully saturated rings. The molecule has 5 rings (SSSR count). The number of nitrogens with zero attached hydrogens (tertiary/aromatic N) is 2. The summed E-state index contributed by atoms with van der Waals surface area (Å²) in [5.41, 5.74) is 12.3. The maximum absolute atomic E-state index is 9.97. The summed E-state index contributed by atoms with van der Waals surface area (Å²) in [4.78, 5) is 2.40. The van der Waals surface area contributed by atoms with Crippen LogP contribution in [-0.2, 0) is 11.3 Å². The minimum absolute atomic E-state index is 0.195. The Hall–Kier alpha value is -4.07. The highest BCUT2D eigenvalue weighted by atomic mass is 16.5. The molecule has 0 saturated heterocycles. The fraction of sp³-hybridized carbons (Fsp3) is 0.138. The topological polar surface area (TPSA) is 62.3 Å². The van der Waals surface area contributed by atoms with Crippen molar-refractivity contribution in [3.8, 4) is 6.07 Å². The molecule has 0 radical (unpaired) electrons. The van der Waals surface area contributed by atoms with Gasteiger partial charge in [-0.15, -0.1) is 0 Å². The fourth-order valence-electron chi connectivity index (χ4n) is 4.67. The predicted octanol–water partition coefficient (Wildman–Crippen LogP) is 5.35. The minimum atomic E-state index is -0.224. The van der Waals surface area contributed by atoms with Crippen molar-refractivity contribution < 1.29 is 4.74 Å². The Morgan fingerprint density at radius 1 is 0.909 bits per heavy atom. The van der Waals surface area contributed by atoms with Crippen LogP contribution >= 0.6 is 0 Å². The molecule has 0 aliphatic carbocycles. The largest absolute Gasteiger partial charge is 0.440 e. The van der Waals surface area contributed by atoms with Crippen LogP contribution in [0.3, 0.4) is 0 Å². The van der Waals surface area contributed by atoms with Gasteiger partial charge in [0.05, 0.1) is 5.92 Å². The van der Waals surface area contributed by atoms with Gasteiger partial charge in [0.1, 0.15) is 17.4 Å². The Balaban J connectivity index is 1.62. The molecule has 0 amide bonds. The molecule has 3 aromatic carbocycles. The third kappa shape index (κ3) is 4.32. The van der Waals surface area contributed by atoms with E-state index in [0.29, 0.717) is 12.1 Å². The lowest BCUT2D eigenvalue weighted by atomic mass is 9.80. The van der Waals surface area contributed by atoms with E-state index in [4.69, 9.17) is 10.5 Å². The molecule has 1 unspecified atom stereocenters. The molecule has 0 saturated carbocycles. The molecule has 0 aromatic heterocycles. The van der Waals surface area contributed by atoms with E-state index in [1.807, 2.05) is 42.5 Å². The summed E-state index contributed by atoms with van der Waals surface area (Å²) in [5, 5.41) is 9.97. The highest BCUT2D eigenvalue weighted by Gasteiger charge is 2.37. The zero-order valence-electron chi connectivity index (χ0n) is 18.3. The summed E-state index contributed by atoms with van der Waals surface area (Å²) < 4.78 is 6.15. The Bertz CT molecular complexity index is 1270. The Kier molecular flexibility index (Phi) is 5.80. The molecule has 2 heterocycles. The van der Waals surface area contributed by atoms with Crippen molar-refractivity contribution in [3.05, 3.63) is 136 Å². The van der Waals surface area contributed by atoms with Gasteiger partial charge in [0, 0.05) is 25.2 Å². The summed E-state index contributed by atoms with van der Waals surface area (Å²) >= 11 is 0. The van der Waals surface area contributed by atoms with Crippen molar-refractivity contribution in [2.24, 2.45) is 5.73 Å². The number of allylic oxidation sites excluding steroid dienone is 1. The van der Waals surface area contributed by atoms with Gasteiger partial charge in [0.2, 0.25) is 5.88 Å². The van der Waals surface area contributed by atoms with E-state index < -0.39 is 0 Å². The SMILES string of the molecule is N#CC1=C(N)OC2=C(CN(Cc3ccccc3)C/C2=C\c2ccccc2)C1c1ccccc1. The highest BCUT2D eigenvalue weighted by Crippen LogP contribution is 2.43. The lowest BCUT2D eigenvalue weighted by Crippen LogP contribution is -2.37. The second-order valence-electron chi connectivity index (χ2n) is 8.40. The van der Waals surface area contributed by atoms with Crippen molar-refractivity contribution in [1.82, 2.24) is 4.90 Å². The van der Waals surface area contributed by atoms with E-state index in [1.54, 1.807) is 0 Å². The molecular formula is C29H25N3O. The number of nitriles is 1. The maximum atomic E-state index is 9.97. The van der Waals surface area contributed by atoms with Crippen LogP contribution in [0.4, 0.5) is 0 Å². The van der Waals surface area contributed by atoms with Gasteiger partial charge in [-0.25, -0.2) is 0 Å². The van der Waals surface area contributed by atoms with Crippen molar-refractivity contribution in [2.75, 3.05) is 13.1 Å². The monoisotopic (exact) mass is 431 g/mol. The fourth-order valence-corrected chi connectivity index (χ4v) is 4.67. The van der Waals surface area contributed by atoms with E-state index in [9.17, 15) is 5.26 Å². The van der Waals surface area contributed by atoms with Gasteiger partial charge in [0.25, 0.3) is 0 Å². The number of ether oxygens (including phenoxy) is 1. The molecule has 162 valence electrons. The summed E-state index contributed by atoms with van der Waals surface area (Å²) in [6.45, 7) is 2.25. The van der Waals surface area contributed by atoms with Crippen molar-refractivity contribution in [2.45, 2.75) is 12.5 Å². The van der Waals surface area contributed by atoms with E-state index in [-0.39, 0.29) is 11.8 Å². The molecule has 0 bridgehead atoms. The van der Waals surface area contributed by atoms with E-state index in [0.717, 1.165) is 41.1 Å². The number of rotatable bonds is 4. The molecule has 2 N–H and O–H groups in total. The van der Waals surface area contributed by atoms with Crippen LogP contribution in [0, 0.1) is 11.3 Å². The van der Waals surface area contributed by atoms with Gasteiger partial charge < -0.3 is 10.5 Å². The second kappa shape index (κ2) is 9.20. The average Bonchev–Trinajstić information content (AvgIpc) is 2.85. The van der Waals surface area contributed by atoms with E-state index in [2.05, 4.69) is 65.6 Å². The quantitative estimate of drug-likeness (QED) is 0.605. The molecule has 3 aromatic rings. The van der Waals surface area contributed by atoms with Crippen LogP contribution in [0.2, 0.25) is 0 Å². The first-order chi connectivity index (χ1) is 16.2. The average molecular weight is 432 g/mol. The number of hydrogen-bond donors (Lipinski definition) is 1. The normalized spacial score (nSPS) is 19.7. The van der Waals surface area contributed by atoms with Gasteiger partial charge in [0.15, 0.2) is 0 Å². The van der Waals surface area contributed by atoms with Gasteiger partial charge >= 0.3 is 0 Å². The first kappa shape index (κ1) is 20.8. The van der Waals surface area contributed by atoms with Crippen LogP contribution in [-0.4, -0.2) is 18.0 Å². The van der Waals surface area contributed by atoms with Crippen LogP contribution in [0.1, 0.15) is 22.6 Å². The number of benzene rings is 3. The van der Waals surface area contributed by atoms with Gasteiger partial charge in [-0.1, -0.05) is 91.0 Å². The molecule has 4 nitrogen and oxygen atoms in total. The van der Waals surface area contributed by atoms with E-state index in [1.165, 1.54) is 5.56 Å². The molecule has 2 aliphatic heterocycles. The van der Waals surface area contributed by atoms with E-state index >= 15 is 0 Å². The van der Waals surface area contributed by atoms with Gasteiger partial charge in [-0.05, 0) is 28.3 Å². The number of hydrogen-bond acceptors (Lipinski definition) is 4. The molecule has 0 spiro atoms. The zero-order valence-corrected chi connectivity index (χ0v) is 18.3. The lowest BCUT2D eigenvalue weighted by Gasteiger charge is -2.38. The van der Waals surface area contributed by atoms with Crippen molar-refractivity contribution in [1.29, 1.82) is 5.26 Å². The second-order valence-corrected chi connectivity index (χ2v) is 8.40. The van der Waals surface area contributed by atoms with Gasteiger partial charge in [-0.2, -0.15) is 5.26 Å². The molecule has 33 heavy (non-hydrogen) atoms. The molecular weight excluding hydrogens is 406 g/mol. The third-order valence-corrected chi connectivity index (χ3v) is 6.13. The Morgan fingerprint density at radius 3 is 2.21 bits per heavy atom. The molecule has 1 atom stereocenters. The zero-order chi connectivity index (χ0) is 22.6. The molecule has 2 aliphatic rings. The predicted molar refractivity (Wildman–Crippen MR) is 130 cm³/mol. The summed E-state index contributed by atoms with van der Waals surface area (Å²) in [7, 11) is 0. The van der Waals surface area contributed by atoms with Crippen molar-refractivity contribution >= 4 is 6.08 Å². The van der Waals surface area contributed by atoms with Crippen LogP contribution < -0.4 is 5.73 Å². The third-order valence-electron chi connectivity index (χ3n) is 6.13.